The minimum Gasteiger partial charge on any atom is -0.378 e. The summed E-state index contributed by atoms with van der Waals surface area (Å²) in [6, 6.07) is 3.97. The highest BCUT2D eigenvalue weighted by atomic mass is 79.9. The van der Waals surface area contributed by atoms with Crippen LogP contribution in [0.15, 0.2) is 16.7 Å². The standard InChI is InChI=1S/C12H15BrN4O2/c1-18-8-9-12(13)17-10(14-9)2-3-11(15-17)16-4-6-19-7-5-16/h2-3H,4-8H2,1H3. The lowest BCUT2D eigenvalue weighted by molar-refractivity contribution is 0.122. The zero-order valence-corrected chi connectivity index (χ0v) is 12.3. The Morgan fingerprint density at radius 3 is 2.89 bits per heavy atom. The molecule has 1 aliphatic rings. The summed E-state index contributed by atoms with van der Waals surface area (Å²) in [6.07, 6.45) is 0. The van der Waals surface area contributed by atoms with Crippen molar-refractivity contribution in [3.8, 4) is 0 Å². The van der Waals surface area contributed by atoms with E-state index in [1.54, 1.807) is 11.6 Å². The van der Waals surface area contributed by atoms with Crippen molar-refractivity contribution in [3.63, 3.8) is 0 Å². The molecule has 1 saturated heterocycles. The molecule has 7 heteroatoms. The van der Waals surface area contributed by atoms with Crippen LogP contribution >= 0.6 is 15.9 Å². The van der Waals surface area contributed by atoms with Crippen molar-refractivity contribution >= 4 is 27.4 Å². The maximum absolute atomic E-state index is 5.35. The third kappa shape index (κ3) is 2.45. The minimum absolute atomic E-state index is 0.469. The van der Waals surface area contributed by atoms with Crippen molar-refractivity contribution < 1.29 is 9.47 Å². The van der Waals surface area contributed by atoms with Crippen LogP contribution in [0.25, 0.3) is 5.65 Å². The maximum atomic E-state index is 5.35. The number of hydrogen-bond donors (Lipinski definition) is 0. The lowest BCUT2D eigenvalue weighted by atomic mass is 10.4. The lowest BCUT2D eigenvalue weighted by Crippen LogP contribution is -2.37. The number of hydrogen-bond acceptors (Lipinski definition) is 5. The van der Waals surface area contributed by atoms with E-state index >= 15 is 0 Å². The van der Waals surface area contributed by atoms with E-state index in [1.807, 2.05) is 12.1 Å². The second-order valence-corrected chi connectivity index (χ2v) is 5.09. The highest BCUT2D eigenvalue weighted by molar-refractivity contribution is 9.10. The molecule has 0 aliphatic carbocycles. The van der Waals surface area contributed by atoms with Crippen molar-refractivity contribution in [2.75, 3.05) is 38.3 Å². The summed E-state index contributed by atoms with van der Waals surface area (Å²) in [5.74, 6) is 0.942. The van der Waals surface area contributed by atoms with Gasteiger partial charge in [0.25, 0.3) is 0 Å². The van der Waals surface area contributed by atoms with Gasteiger partial charge in [-0.25, -0.2) is 9.50 Å². The highest BCUT2D eigenvalue weighted by Gasteiger charge is 2.15. The fourth-order valence-electron chi connectivity index (χ4n) is 2.13. The summed E-state index contributed by atoms with van der Waals surface area (Å²) in [5.41, 5.74) is 1.67. The Morgan fingerprint density at radius 2 is 2.16 bits per heavy atom. The second kappa shape index (κ2) is 5.44. The van der Waals surface area contributed by atoms with Gasteiger partial charge in [0.05, 0.1) is 19.8 Å². The molecule has 3 rings (SSSR count). The molecule has 0 aromatic carbocycles. The van der Waals surface area contributed by atoms with Crippen LogP contribution in [0.2, 0.25) is 0 Å². The number of anilines is 1. The Morgan fingerprint density at radius 1 is 1.37 bits per heavy atom. The summed E-state index contributed by atoms with van der Waals surface area (Å²) < 4.78 is 13.1. The van der Waals surface area contributed by atoms with Gasteiger partial charge in [-0.05, 0) is 28.1 Å². The van der Waals surface area contributed by atoms with Crippen LogP contribution in [0.3, 0.4) is 0 Å². The molecule has 0 amide bonds. The SMILES string of the molecule is COCc1nc2ccc(N3CCOCC3)nn2c1Br. The molecular formula is C12H15BrN4O2. The number of methoxy groups -OCH3 is 1. The molecule has 3 heterocycles. The second-order valence-electron chi connectivity index (χ2n) is 4.34. The molecule has 6 nitrogen and oxygen atoms in total. The minimum atomic E-state index is 0.469. The Hall–Kier alpha value is -1.18. The van der Waals surface area contributed by atoms with Crippen LogP contribution in [0.4, 0.5) is 5.82 Å². The van der Waals surface area contributed by atoms with Crippen LogP contribution < -0.4 is 4.90 Å². The molecule has 0 unspecified atom stereocenters. The number of imidazole rings is 1. The van der Waals surface area contributed by atoms with E-state index in [-0.39, 0.29) is 0 Å². The van der Waals surface area contributed by atoms with E-state index in [9.17, 15) is 0 Å². The van der Waals surface area contributed by atoms with Gasteiger partial charge in [0.2, 0.25) is 0 Å². The maximum Gasteiger partial charge on any atom is 0.155 e. The van der Waals surface area contributed by atoms with Gasteiger partial charge < -0.3 is 14.4 Å². The van der Waals surface area contributed by atoms with Crippen LogP contribution in [0, 0.1) is 0 Å². The van der Waals surface area contributed by atoms with E-state index < -0.39 is 0 Å². The number of ether oxygens (including phenoxy) is 2. The van der Waals surface area contributed by atoms with Crippen molar-refractivity contribution in [1.29, 1.82) is 0 Å². The van der Waals surface area contributed by atoms with Gasteiger partial charge in [-0.1, -0.05) is 0 Å². The lowest BCUT2D eigenvalue weighted by Gasteiger charge is -2.27. The predicted molar refractivity (Wildman–Crippen MR) is 74.4 cm³/mol. The first kappa shape index (κ1) is 12.8. The summed E-state index contributed by atoms with van der Waals surface area (Å²) in [7, 11) is 1.66. The average Bonchev–Trinajstić information content (AvgIpc) is 2.77. The molecule has 2 aromatic heterocycles. The van der Waals surface area contributed by atoms with Crippen molar-refractivity contribution in [2.45, 2.75) is 6.61 Å². The van der Waals surface area contributed by atoms with Gasteiger partial charge in [0.1, 0.15) is 16.1 Å². The Labute approximate surface area is 119 Å². The van der Waals surface area contributed by atoms with Gasteiger partial charge in [0, 0.05) is 20.2 Å². The van der Waals surface area contributed by atoms with Crippen LogP contribution in [-0.4, -0.2) is 48.0 Å². The van der Waals surface area contributed by atoms with Crippen LogP contribution in [0.5, 0.6) is 0 Å². The molecule has 19 heavy (non-hydrogen) atoms. The number of fused-ring (bicyclic) bond motifs is 1. The molecule has 0 atom stereocenters. The first-order valence-corrected chi connectivity index (χ1v) is 6.94. The molecular weight excluding hydrogens is 312 g/mol. The van der Waals surface area contributed by atoms with Crippen molar-refractivity contribution in [2.24, 2.45) is 0 Å². The monoisotopic (exact) mass is 326 g/mol. The third-order valence-corrected chi connectivity index (χ3v) is 3.88. The molecule has 0 saturated carbocycles. The van der Waals surface area contributed by atoms with E-state index in [1.165, 1.54) is 0 Å². The normalized spacial score (nSPS) is 16.2. The molecule has 1 aliphatic heterocycles. The molecule has 0 radical (unpaired) electrons. The van der Waals surface area contributed by atoms with Gasteiger partial charge in [0.15, 0.2) is 5.65 Å². The van der Waals surface area contributed by atoms with Crippen LogP contribution in [0.1, 0.15) is 5.69 Å². The number of halogens is 1. The van der Waals surface area contributed by atoms with E-state index in [4.69, 9.17) is 9.47 Å². The fraction of sp³-hybridized carbons (Fsp3) is 0.500. The van der Waals surface area contributed by atoms with Crippen molar-refractivity contribution in [1.82, 2.24) is 14.6 Å². The largest absolute Gasteiger partial charge is 0.378 e. The van der Waals surface area contributed by atoms with E-state index in [2.05, 4.69) is 30.9 Å². The van der Waals surface area contributed by atoms with Crippen molar-refractivity contribution in [3.05, 3.63) is 22.4 Å². The topological polar surface area (TPSA) is 51.9 Å². The van der Waals surface area contributed by atoms with Gasteiger partial charge in [-0.2, -0.15) is 0 Å². The first-order valence-electron chi connectivity index (χ1n) is 6.15. The van der Waals surface area contributed by atoms with Gasteiger partial charge in [-0.3, -0.25) is 0 Å². The molecule has 102 valence electrons. The first-order chi connectivity index (χ1) is 9.29. The Bertz CT molecular complexity index is 580. The number of morpholine rings is 1. The predicted octanol–water partition coefficient (Wildman–Crippen LogP) is 1.47. The summed E-state index contributed by atoms with van der Waals surface area (Å²) in [6.45, 7) is 3.71. The van der Waals surface area contributed by atoms with E-state index in [0.29, 0.717) is 6.61 Å². The molecule has 1 fully saturated rings. The molecule has 0 spiro atoms. The zero-order valence-electron chi connectivity index (χ0n) is 10.7. The number of aromatic nitrogens is 3. The average molecular weight is 327 g/mol. The van der Waals surface area contributed by atoms with Gasteiger partial charge in [-0.15, -0.1) is 5.10 Å². The fourth-order valence-corrected chi connectivity index (χ4v) is 2.60. The number of nitrogens with zero attached hydrogens (tertiary/aromatic N) is 4. The molecule has 2 aromatic rings. The highest BCUT2D eigenvalue weighted by Crippen LogP contribution is 2.21. The Kier molecular flexibility index (Phi) is 3.67. The summed E-state index contributed by atoms with van der Waals surface area (Å²) in [4.78, 5) is 6.69. The summed E-state index contributed by atoms with van der Waals surface area (Å²) in [5, 5.41) is 4.62. The van der Waals surface area contributed by atoms with E-state index in [0.717, 1.165) is 48.1 Å². The quantitative estimate of drug-likeness (QED) is 0.855. The number of rotatable bonds is 3. The Balaban J connectivity index is 1.97. The summed E-state index contributed by atoms with van der Waals surface area (Å²) >= 11 is 3.53. The van der Waals surface area contributed by atoms with Crippen LogP contribution in [-0.2, 0) is 16.1 Å². The molecule has 0 N–H and O–H groups in total. The zero-order chi connectivity index (χ0) is 13.2. The smallest absolute Gasteiger partial charge is 0.155 e. The molecule has 0 bridgehead atoms. The third-order valence-electron chi connectivity index (χ3n) is 3.09. The van der Waals surface area contributed by atoms with Gasteiger partial charge >= 0.3 is 0 Å².